The summed E-state index contributed by atoms with van der Waals surface area (Å²) in [5.74, 6) is -0.258. The third-order valence-corrected chi connectivity index (χ3v) is 3.72. The Hall–Kier alpha value is -2.18. The first-order valence-electron chi connectivity index (χ1n) is 7.71. The van der Waals surface area contributed by atoms with Gasteiger partial charge >= 0.3 is 0 Å². The lowest BCUT2D eigenvalue weighted by Gasteiger charge is -2.20. The molecule has 0 saturated carbocycles. The van der Waals surface area contributed by atoms with Crippen molar-refractivity contribution in [2.24, 2.45) is 0 Å². The van der Waals surface area contributed by atoms with E-state index in [4.69, 9.17) is 5.11 Å². The van der Waals surface area contributed by atoms with E-state index in [0.29, 0.717) is 19.5 Å². The summed E-state index contributed by atoms with van der Waals surface area (Å²) < 4.78 is 1.83. The molecule has 6 heteroatoms. The van der Waals surface area contributed by atoms with Gasteiger partial charge in [0.2, 0.25) is 5.43 Å². The smallest absolute Gasteiger partial charge is 0.223 e. The third-order valence-electron chi connectivity index (χ3n) is 3.72. The molecule has 2 heterocycles. The van der Waals surface area contributed by atoms with Gasteiger partial charge in [0.15, 0.2) is 5.75 Å². The summed E-state index contributed by atoms with van der Waals surface area (Å²) in [5.41, 5.74) is 1.68. The van der Waals surface area contributed by atoms with Crippen LogP contribution in [0.5, 0.6) is 5.75 Å². The van der Waals surface area contributed by atoms with E-state index in [2.05, 4.69) is 9.88 Å². The number of aliphatic hydroxyl groups is 1. The molecule has 0 unspecified atom stereocenters. The average molecular weight is 317 g/mol. The molecule has 124 valence electrons. The van der Waals surface area contributed by atoms with Crippen molar-refractivity contribution in [3.63, 3.8) is 0 Å². The van der Waals surface area contributed by atoms with Gasteiger partial charge in [-0.3, -0.25) is 9.78 Å². The molecule has 2 aromatic rings. The van der Waals surface area contributed by atoms with Crippen LogP contribution in [0.4, 0.5) is 0 Å². The van der Waals surface area contributed by atoms with E-state index in [-0.39, 0.29) is 17.8 Å². The van der Waals surface area contributed by atoms with E-state index in [0.717, 1.165) is 18.7 Å². The molecular formula is C17H23N3O3. The number of pyridine rings is 2. The van der Waals surface area contributed by atoms with Crippen molar-refractivity contribution in [2.45, 2.75) is 25.9 Å². The zero-order valence-electron chi connectivity index (χ0n) is 13.4. The van der Waals surface area contributed by atoms with Crippen LogP contribution in [0.25, 0.3) is 0 Å². The first kappa shape index (κ1) is 17.2. The van der Waals surface area contributed by atoms with Crippen molar-refractivity contribution in [3.05, 3.63) is 58.3 Å². The molecule has 0 spiro atoms. The molecule has 0 atom stereocenters. The zero-order valence-corrected chi connectivity index (χ0v) is 13.4. The van der Waals surface area contributed by atoms with E-state index in [1.165, 1.54) is 17.8 Å². The van der Waals surface area contributed by atoms with Crippen LogP contribution < -0.4 is 5.43 Å². The number of aromatic hydroxyl groups is 1. The summed E-state index contributed by atoms with van der Waals surface area (Å²) >= 11 is 0. The minimum atomic E-state index is -0.372. The van der Waals surface area contributed by atoms with Gasteiger partial charge in [-0.2, -0.15) is 0 Å². The Bertz CT molecular complexity index is 671. The second kappa shape index (κ2) is 8.45. The number of hydrogen-bond acceptors (Lipinski definition) is 5. The fraction of sp³-hybridized carbons (Fsp3) is 0.412. The number of nitrogens with zero attached hydrogens (tertiary/aromatic N) is 3. The van der Waals surface area contributed by atoms with Gasteiger partial charge < -0.3 is 19.7 Å². The number of rotatable bonds is 8. The van der Waals surface area contributed by atoms with Gasteiger partial charge in [-0.05, 0) is 37.6 Å². The molecule has 0 fully saturated rings. The lowest BCUT2D eigenvalue weighted by molar-refractivity contribution is 0.274. The second-order valence-corrected chi connectivity index (χ2v) is 5.63. The number of hydrogen-bond donors (Lipinski definition) is 2. The highest BCUT2D eigenvalue weighted by Crippen LogP contribution is 2.09. The van der Waals surface area contributed by atoms with Gasteiger partial charge in [-0.25, -0.2) is 0 Å². The van der Waals surface area contributed by atoms with E-state index in [1.807, 2.05) is 23.7 Å². The molecule has 0 aromatic carbocycles. The van der Waals surface area contributed by atoms with Crippen LogP contribution >= 0.6 is 0 Å². The molecule has 0 aliphatic rings. The Morgan fingerprint density at radius 1 is 1.30 bits per heavy atom. The SMILES string of the molecule is CN(CCc1ccncc1)Cc1cc(=O)c(O)cn1CCCO. The van der Waals surface area contributed by atoms with Crippen molar-refractivity contribution >= 4 is 0 Å². The molecule has 2 N–H and O–H groups in total. The molecule has 0 aliphatic carbocycles. The maximum Gasteiger partial charge on any atom is 0.223 e. The summed E-state index contributed by atoms with van der Waals surface area (Å²) in [6.07, 6.45) is 6.49. The summed E-state index contributed by atoms with van der Waals surface area (Å²) in [6.45, 7) is 2.09. The quantitative estimate of drug-likeness (QED) is 0.759. The Morgan fingerprint density at radius 3 is 2.74 bits per heavy atom. The number of aromatic nitrogens is 2. The second-order valence-electron chi connectivity index (χ2n) is 5.63. The predicted octanol–water partition coefficient (Wildman–Crippen LogP) is 1.01. The van der Waals surface area contributed by atoms with E-state index in [9.17, 15) is 9.90 Å². The molecule has 0 aliphatic heterocycles. The van der Waals surface area contributed by atoms with Gasteiger partial charge in [0, 0.05) is 50.4 Å². The number of aryl methyl sites for hydroxylation is 1. The molecule has 2 aromatic heterocycles. The van der Waals surface area contributed by atoms with Crippen molar-refractivity contribution in [1.82, 2.24) is 14.5 Å². The highest BCUT2D eigenvalue weighted by molar-refractivity contribution is 5.20. The highest BCUT2D eigenvalue weighted by atomic mass is 16.3. The van der Waals surface area contributed by atoms with Crippen molar-refractivity contribution < 1.29 is 10.2 Å². The fourth-order valence-electron chi connectivity index (χ4n) is 2.41. The monoisotopic (exact) mass is 317 g/mol. The molecule has 0 saturated heterocycles. The number of likely N-dealkylation sites (N-methyl/N-ethyl adjacent to an activating group) is 1. The van der Waals surface area contributed by atoms with Crippen molar-refractivity contribution in [3.8, 4) is 5.75 Å². The van der Waals surface area contributed by atoms with Crippen LogP contribution in [-0.2, 0) is 19.5 Å². The van der Waals surface area contributed by atoms with E-state index in [1.54, 1.807) is 12.4 Å². The molecule has 0 bridgehead atoms. The first-order valence-corrected chi connectivity index (χ1v) is 7.71. The van der Waals surface area contributed by atoms with Gasteiger partial charge in [0.1, 0.15) is 0 Å². The topological polar surface area (TPSA) is 78.6 Å². The van der Waals surface area contributed by atoms with Crippen LogP contribution in [0.15, 0.2) is 41.6 Å². The largest absolute Gasteiger partial charge is 0.503 e. The lowest BCUT2D eigenvalue weighted by Crippen LogP contribution is -2.24. The molecule has 0 radical (unpaired) electrons. The lowest BCUT2D eigenvalue weighted by atomic mass is 10.2. The van der Waals surface area contributed by atoms with Crippen LogP contribution in [0.2, 0.25) is 0 Å². The standard InChI is InChI=1S/C17H23N3O3/c1-19(9-5-14-3-6-18-7-4-14)12-15-11-16(22)17(23)13-20(15)8-2-10-21/h3-4,6-7,11,13,21,23H,2,5,8-10,12H2,1H3. The number of aliphatic hydroxyl groups excluding tert-OH is 1. The fourth-order valence-corrected chi connectivity index (χ4v) is 2.41. The minimum Gasteiger partial charge on any atom is -0.503 e. The van der Waals surface area contributed by atoms with Gasteiger partial charge in [-0.15, -0.1) is 0 Å². The van der Waals surface area contributed by atoms with Crippen LogP contribution in [-0.4, -0.2) is 44.9 Å². The molecule has 2 rings (SSSR count). The maximum absolute atomic E-state index is 11.7. The zero-order chi connectivity index (χ0) is 16.7. The van der Waals surface area contributed by atoms with Crippen molar-refractivity contribution in [2.75, 3.05) is 20.2 Å². The van der Waals surface area contributed by atoms with E-state index >= 15 is 0 Å². The molecule has 6 nitrogen and oxygen atoms in total. The summed E-state index contributed by atoms with van der Waals surface area (Å²) in [5, 5.41) is 18.6. The van der Waals surface area contributed by atoms with Crippen molar-refractivity contribution in [1.29, 1.82) is 0 Å². The normalized spacial score (nSPS) is 11.1. The first-order chi connectivity index (χ1) is 11.1. The van der Waals surface area contributed by atoms with Crippen LogP contribution in [0.1, 0.15) is 17.7 Å². The van der Waals surface area contributed by atoms with Crippen LogP contribution in [0.3, 0.4) is 0 Å². The average Bonchev–Trinajstić information content (AvgIpc) is 2.56. The highest BCUT2D eigenvalue weighted by Gasteiger charge is 2.09. The predicted molar refractivity (Wildman–Crippen MR) is 88.3 cm³/mol. The minimum absolute atomic E-state index is 0.0736. The van der Waals surface area contributed by atoms with Gasteiger partial charge in [0.25, 0.3) is 0 Å². The summed E-state index contributed by atoms with van der Waals surface area (Å²) in [6, 6.07) is 5.45. The van der Waals surface area contributed by atoms with Gasteiger partial charge in [0.05, 0.1) is 6.20 Å². The van der Waals surface area contributed by atoms with Crippen LogP contribution in [0, 0.1) is 0 Å². The Kier molecular flexibility index (Phi) is 6.31. The van der Waals surface area contributed by atoms with E-state index < -0.39 is 0 Å². The molecular weight excluding hydrogens is 294 g/mol. The van der Waals surface area contributed by atoms with Gasteiger partial charge in [-0.1, -0.05) is 0 Å². The summed E-state index contributed by atoms with van der Waals surface area (Å²) in [4.78, 5) is 17.8. The third kappa shape index (κ3) is 5.19. The maximum atomic E-state index is 11.7. The molecule has 23 heavy (non-hydrogen) atoms. The Morgan fingerprint density at radius 2 is 2.04 bits per heavy atom. The molecule has 0 amide bonds. The summed E-state index contributed by atoms with van der Waals surface area (Å²) in [7, 11) is 1.99. The Labute approximate surface area is 135 Å². The Balaban J connectivity index is 2.02.